The molecule has 1 aromatic rings. The van der Waals surface area contributed by atoms with Crippen LogP contribution in [0, 0.1) is 0 Å². The van der Waals surface area contributed by atoms with Crippen molar-refractivity contribution in [2.75, 3.05) is 26.7 Å². The summed E-state index contributed by atoms with van der Waals surface area (Å²) in [5.41, 5.74) is 1.34. The van der Waals surface area contributed by atoms with E-state index in [9.17, 15) is 0 Å². The van der Waals surface area contributed by atoms with E-state index in [1.807, 2.05) is 6.07 Å². The Morgan fingerprint density at radius 2 is 2.33 bits per heavy atom. The first-order chi connectivity index (χ1) is 8.74. The molecule has 100 valence electrons. The fourth-order valence-corrected chi connectivity index (χ4v) is 3.04. The van der Waals surface area contributed by atoms with Crippen LogP contribution in [-0.2, 0) is 6.54 Å². The van der Waals surface area contributed by atoms with Gasteiger partial charge in [-0.15, -0.1) is 0 Å². The van der Waals surface area contributed by atoms with Gasteiger partial charge in [0, 0.05) is 32.2 Å². The monoisotopic (exact) mass is 312 g/mol. The van der Waals surface area contributed by atoms with Crippen molar-refractivity contribution in [2.45, 2.75) is 25.9 Å². The van der Waals surface area contributed by atoms with Gasteiger partial charge in [-0.05, 0) is 40.0 Å². The van der Waals surface area contributed by atoms with Crippen LogP contribution in [0.2, 0.25) is 0 Å². The molecule has 1 fully saturated rings. The van der Waals surface area contributed by atoms with Gasteiger partial charge in [0.15, 0.2) is 0 Å². The zero-order valence-electron chi connectivity index (χ0n) is 11.1. The molecule has 0 amide bonds. The summed E-state index contributed by atoms with van der Waals surface area (Å²) in [6.07, 6.45) is 1.20. The summed E-state index contributed by atoms with van der Waals surface area (Å²) in [4.78, 5) is 2.56. The maximum absolute atomic E-state index is 5.26. The molecular weight excluding hydrogens is 292 g/mol. The van der Waals surface area contributed by atoms with Gasteiger partial charge in [-0.3, -0.25) is 4.90 Å². The second kappa shape index (κ2) is 6.55. The SMILES string of the molecule is CCC1CNCCN1Cc1ccc(OC)c(Br)c1. The van der Waals surface area contributed by atoms with Crippen molar-refractivity contribution in [1.82, 2.24) is 10.2 Å². The Balaban J connectivity index is 2.05. The van der Waals surface area contributed by atoms with Crippen LogP contribution in [0.3, 0.4) is 0 Å². The fourth-order valence-electron chi connectivity index (χ4n) is 2.46. The average Bonchev–Trinajstić information content (AvgIpc) is 2.39. The van der Waals surface area contributed by atoms with E-state index in [-0.39, 0.29) is 0 Å². The zero-order valence-corrected chi connectivity index (χ0v) is 12.7. The summed E-state index contributed by atoms with van der Waals surface area (Å²) in [6.45, 7) is 6.60. The standard InChI is InChI=1S/C14H21BrN2O/c1-3-12-9-16-6-7-17(12)10-11-4-5-14(18-2)13(15)8-11/h4-5,8,12,16H,3,6-7,9-10H2,1-2H3. The van der Waals surface area contributed by atoms with Crippen molar-refractivity contribution in [2.24, 2.45) is 0 Å². The first-order valence-electron chi connectivity index (χ1n) is 6.51. The van der Waals surface area contributed by atoms with E-state index in [0.717, 1.165) is 36.4 Å². The lowest BCUT2D eigenvalue weighted by Crippen LogP contribution is -2.50. The summed E-state index contributed by atoms with van der Waals surface area (Å²) >= 11 is 3.55. The quantitative estimate of drug-likeness (QED) is 0.925. The number of hydrogen-bond acceptors (Lipinski definition) is 3. The molecule has 2 rings (SSSR count). The number of piperazine rings is 1. The fraction of sp³-hybridized carbons (Fsp3) is 0.571. The highest BCUT2D eigenvalue weighted by Crippen LogP contribution is 2.26. The van der Waals surface area contributed by atoms with Crippen LogP contribution in [0.25, 0.3) is 0 Å². The molecule has 1 aliphatic rings. The van der Waals surface area contributed by atoms with E-state index in [0.29, 0.717) is 6.04 Å². The summed E-state index contributed by atoms with van der Waals surface area (Å²) in [6, 6.07) is 6.99. The predicted molar refractivity (Wildman–Crippen MR) is 78.1 cm³/mol. The Kier molecular flexibility index (Phi) is 5.03. The number of ether oxygens (including phenoxy) is 1. The van der Waals surface area contributed by atoms with E-state index < -0.39 is 0 Å². The van der Waals surface area contributed by atoms with Crippen molar-refractivity contribution in [3.63, 3.8) is 0 Å². The van der Waals surface area contributed by atoms with Crippen LogP contribution in [0.4, 0.5) is 0 Å². The van der Waals surface area contributed by atoms with E-state index in [1.54, 1.807) is 7.11 Å². The van der Waals surface area contributed by atoms with Gasteiger partial charge in [-0.2, -0.15) is 0 Å². The number of hydrogen-bond donors (Lipinski definition) is 1. The van der Waals surface area contributed by atoms with Crippen LogP contribution < -0.4 is 10.1 Å². The molecule has 18 heavy (non-hydrogen) atoms. The summed E-state index contributed by atoms with van der Waals surface area (Å²) in [7, 11) is 1.70. The second-order valence-corrected chi connectivity index (χ2v) is 5.56. The van der Waals surface area contributed by atoms with Crippen LogP contribution in [0.5, 0.6) is 5.75 Å². The summed E-state index contributed by atoms with van der Waals surface area (Å²) in [5, 5.41) is 3.46. The third kappa shape index (κ3) is 3.25. The average molecular weight is 313 g/mol. The first-order valence-corrected chi connectivity index (χ1v) is 7.31. The summed E-state index contributed by atoms with van der Waals surface area (Å²) < 4.78 is 6.29. The van der Waals surface area contributed by atoms with E-state index in [1.165, 1.54) is 12.0 Å². The van der Waals surface area contributed by atoms with Crippen LogP contribution in [-0.4, -0.2) is 37.7 Å². The lowest BCUT2D eigenvalue weighted by Gasteiger charge is -2.35. The Bertz CT molecular complexity index is 397. The Labute approximate surface area is 118 Å². The number of nitrogens with one attached hydrogen (secondary N) is 1. The molecule has 3 nitrogen and oxygen atoms in total. The van der Waals surface area contributed by atoms with Crippen molar-refractivity contribution in [3.8, 4) is 5.75 Å². The minimum Gasteiger partial charge on any atom is -0.496 e. The molecule has 1 atom stereocenters. The first kappa shape index (κ1) is 13.8. The molecule has 0 aliphatic carbocycles. The Morgan fingerprint density at radius 1 is 1.50 bits per heavy atom. The van der Waals surface area contributed by atoms with Crippen molar-refractivity contribution < 1.29 is 4.74 Å². The maximum Gasteiger partial charge on any atom is 0.133 e. The van der Waals surface area contributed by atoms with Crippen molar-refractivity contribution in [3.05, 3.63) is 28.2 Å². The van der Waals surface area contributed by atoms with Crippen molar-refractivity contribution >= 4 is 15.9 Å². The van der Waals surface area contributed by atoms with Gasteiger partial charge in [0.2, 0.25) is 0 Å². The third-order valence-corrected chi connectivity index (χ3v) is 4.16. The molecule has 1 unspecified atom stereocenters. The van der Waals surface area contributed by atoms with E-state index in [4.69, 9.17) is 4.74 Å². The lowest BCUT2D eigenvalue weighted by atomic mass is 10.1. The van der Waals surface area contributed by atoms with Gasteiger partial charge in [0.1, 0.15) is 5.75 Å². The molecule has 1 heterocycles. The van der Waals surface area contributed by atoms with E-state index in [2.05, 4.69) is 45.2 Å². The number of nitrogens with zero attached hydrogens (tertiary/aromatic N) is 1. The molecule has 1 N–H and O–H groups in total. The highest BCUT2D eigenvalue weighted by Gasteiger charge is 2.20. The lowest BCUT2D eigenvalue weighted by molar-refractivity contribution is 0.149. The molecule has 0 spiro atoms. The number of benzene rings is 1. The van der Waals surface area contributed by atoms with Crippen LogP contribution in [0.15, 0.2) is 22.7 Å². The van der Waals surface area contributed by atoms with Gasteiger partial charge in [0.05, 0.1) is 11.6 Å². The van der Waals surface area contributed by atoms with Crippen molar-refractivity contribution in [1.29, 1.82) is 0 Å². The Hall–Kier alpha value is -0.580. The van der Waals surface area contributed by atoms with Crippen LogP contribution in [0.1, 0.15) is 18.9 Å². The van der Waals surface area contributed by atoms with Gasteiger partial charge in [-0.1, -0.05) is 13.0 Å². The minimum absolute atomic E-state index is 0.652. The molecule has 1 aliphatic heterocycles. The smallest absolute Gasteiger partial charge is 0.133 e. The maximum atomic E-state index is 5.26. The second-order valence-electron chi connectivity index (χ2n) is 4.71. The zero-order chi connectivity index (χ0) is 13.0. The van der Waals surface area contributed by atoms with Gasteiger partial charge < -0.3 is 10.1 Å². The molecule has 0 aromatic heterocycles. The van der Waals surface area contributed by atoms with Crippen LogP contribution >= 0.6 is 15.9 Å². The minimum atomic E-state index is 0.652. The molecule has 4 heteroatoms. The highest BCUT2D eigenvalue weighted by molar-refractivity contribution is 9.10. The molecule has 1 saturated heterocycles. The third-order valence-electron chi connectivity index (χ3n) is 3.55. The van der Waals surface area contributed by atoms with Gasteiger partial charge >= 0.3 is 0 Å². The summed E-state index contributed by atoms with van der Waals surface area (Å²) in [5.74, 6) is 0.895. The predicted octanol–water partition coefficient (Wildman–Crippen LogP) is 2.64. The topological polar surface area (TPSA) is 24.5 Å². The molecular formula is C14H21BrN2O. The number of halogens is 1. The molecule has 0 saturated carbocycles. The molecule has 1 aromatic carbocycles. The molecule has 0 bridgehead atoms. The molecule has 0 radical (unpaired) electrons. The number of methoxy groups -OCH3 is 1. The Morgan fingerprint density at radius 3 is 3.00 bits per heavy atom. The largest absolute Gasteiger partial charge is 0.496 e. The van der Waals surface area contributed by atoms with Gasteiger partial charge in [-0.25, -0.2) is 0 Å². The normalized spacial score (nSPS) is 20.9. The highest BCUT2D eigenvalue weighted by atomic mass is 79.9. The van der Waals surface area contributed by atoms with Gasteiger partial charge in [0.25, 0.3) is 0 Å². The number of rotatable bonds is 4. The van der Waals surface area contributed by atoms with E-state index >= 15 is 0 Å².